The molecule has 2 heteroatoms. The van der Waals surface area contributed by atoms with Crippen LogP contribution in [0.5, 0.6) is 0 Å². The number of hydrogen-bond acceptors (Lipinski definition) is 1. The van der Waals surface area contributed by atoms with E-state index in [-0.39, 0.29) is 17.5 Å². The van der Waals surface area contributed by atoms with Gasteiger partial charge in [0.1, 0.15) is 11.6 Å². The zero-order valence-electron chi connectivity index (χ0n) is 9.29. The number of benzene rings is 1. The first kappa shape index (κ1) is 11.9. The van der Waals surface area contributed by atoms with E-state index in [0.717, 1.165) is 12.0 Å². The van der Waals surface area contributed by atoms with E-state index in [4.69, 9.17) is 0 Å². The third-order valence-corrected chi connectivity index (χ3v) is 2.48. The molecule has 0 heterocycles. The van der Waals surface area contributed by atoms with Gasteiger partial charge < -0.3 is 0 Å². The van der Waals surface area contributed by atoms with Crippen molar-refractivity contribution in [1.29, 1.82) is 0 Å². The van der Waals surface area contributed by atoms with Gasteiger partial charge in [-0.15, -0.1) is 0 Å². The zero-order valence-corrected chi connectivity index (χ0v) is 9.29. The molecule has 1 atom stereocenters. The number of halogens is 1. The van der Waals surface area contributed by atoms with Gasteiger partial charge >= 0.3 is 0 Å². The largest absolute Gasteiger partial charge is 0.299 e. The molecular formula is C13H17FO. The predicted molar refractivity (Wildman–Crippen MR) is 59.2 cm³/mol. The van der Waals surface area contributed by atoms with Crippen LogP contribution in [0.1, 0.15) is 32.3 Å². The maximum absolute atomic E-state index is 12.9. The standard InChI is InChI=1S/C13H17FO/c1-3-5-13(15)10(2)8-11-6-4-7-12(14)9-11/h4,6-7,9-10H,3,5,8H2,1-2H3. The van der Waals surface area contributed by atoms with Crippen LogP contribution in [-0.2, 0) is 11.2 Å². The summed E-state index contributed by atoms with van der Waals surface area (Å²) < 4.78 is 12.9. The number of Topliss-reactive ketones (excluding diaryl/α,β-unsaturated/α-hetero) is 1. The molecule has 0 amide bonds. The summed E-state index contributed by atoms with van der Waals surface area (Å²) in [5.41, 5.74) is 0.895. The van der Waals surface area contributed by atoms with Crippen LogP contribution >= 0.6 is 0 Å². The van der Waals surface area contributed by atoms with Crippen molar-refractivity contribution < 1.29 is 9.18 Å². The lowest BCUT2D eigenvalue weighted by Crippen LogP contribution is -2.13. The van der Waals surface area contributed by atoms with Gasteiger partial charge in [-0.2, -0.15) is 0 Å². The van der Waals surface area contributed by atoms with Crippen LogP contribution in [0.3, 0.4) is 0 Å². The van der Waals surface area contributed by atoms with Crippen molar-refractivity contribution in [2.75, 3.05) is 0 Å². The molecule has 0 aromatic heterocycles. The Kier molecular flexibility index (Phi) is 4.47. The summed E-state index contributed by atoms with van der Waals surface area (Å²) in [5.74, 6) is 0.0242. The van der Waals surface area contributed by atoms with Crippen LogP contribution in [0.2, 0.25) is 0 Å². The number of rotatable bonds is 5. The summed E-state index contributed by atoms with van der Waals surface area (Å²) in [7, 11) is 0. The van der Waals surface area contributed by atoms with Crippen molar-refractivity contribution in [3.05, 3.63) is 35.6 Å². The molecular weight excluding hydrogens is 191 g/mol. The molecule has 0 N–H and O–H groups in total. The first-order valence-electron chi connectivity index (χ1n) is 5.40. The van der Waals surface area contributed by atoms with E-state index >= 15 is 0 Å². The first-order valence-corrected chi connectivity index (χ1v) is 5.40. The lowest BCUT2D eigenvalue weighted by Gasteiger charge is -2.09. The highest BCUT2D eigenvalue weighted by Crippen LogP contribution is 2.12. The van der Waals surface area contributed by atoms with Gasteiger partial charge in [0.15, 0.2) is 0 Å². The average molecular weight is 208 g/mol. The number of carbonyl (C=O) groups is 1. The Bertz CT molecular complexity index is 333. The Morgan fingerprint density at radius 3 is 2.80 bits per heavy atom. The fourth-order valence-corrected chi connectivity index (χ4v) is 1.62. The molecule has 0 aliphatic carbocycles. The number of carbonyl (C=O) groups excluding carboxylic acids is 1. The average Bonchev–Trinajstić information content (AvgIpc) is 2.18. The highest BCUT2D eigenvalue weighted by molar-refractivity contribution is 5.80. The Balaban J connectivity index is 2.58. The predicted octanol–water partition coefficient (Wildman–Crippen LogP) is 3.37. The normalized spacial score (nSPS) is 12.5. The van der Waals surface area contributed by atoms with E-state index in [2.05, 4.69) is 0 Å². The summed E-state index contributed by atoms with van der Waals surface area (Å²) in [6.07, 6.45) is 2.14. The highest BCUT2D eigenvalue weighted by Gasteiger charge is 2.12. The fraction of sp³-hybridized carbons (Fsp3) is 0.462. The summed E-state index contributed by atoms with van der Waals surface area (Å²) in [5, 5.41) is 0. The number of ketones is 1. The molecule has 1 aromatic carbocycles. The van der Waals surface area contributed by atoms with Gasteiger partial charge in [-0.1, -0.05) is 26.0 Å². The Labute approximate surface area is 90.3 Å². The molecule has 15 heavy (non-hydrogen) atoms. The molecule has 1 unspecified atom stereocenters. The Morgan fingerprint density at radius 1 is 1.47 bits per heavy atom. The van der Waals surface area contributed by atoms with Gasteiger partial charge in [0.25, 0.3) is 0 Å². The minimum atomic E-state index is -0.234. The molecule has 0 aliphatic heterocycles. The van der Waals surface area contributed by atoms with Crippen LogP contribution in [0.15, 0.2) is 24.3 Å². The summed E-state index contributed by atoms with van der Waals surface area (Å²) in [4.78, 5) is 11.5. The monoisotopic (exact) mass is 208 g/mol. The second-order valence-corrected chi connectivity index (χ2v) is 3.95. The van der Waals surface area contributed by atoms with E-state index in [1.807, 2.05) is 19.9 Å². The maximum atomic E-state index is 12.9. The van der Waals surface area contributed by atoms with Crippen molar-refractivity contribution in [2.45, 2.75) is 33.1 Å². The van der Waals surface area contributed by atoms with Crippen LogP contribution in [0.25, 0.3) is 0 Å². The topological polar surface area (TPSA) is 17.1 Å². The fourth-order valence-electron chi connectivity index (χ4n) is 1.62. The quantitative estimate of drug-likeness (QED) is 0.725. The molecule has 0 fully saturated rings. The van der Waals surface area contributed by atoms with E-state index in [1.165, 1.54) is 12.1 Å². The Morgan fingerprint density at radius 2 is 2.20 bits per heavy atom. The molecule has 1 aromatic rings. The SMILES string of the molecule is CCCC(=O)C(C)Cc1cccc(F)c1. The van der Waals surface area contributed by atoms with Gasteiger partial charge in [0, 0.05) is 12.3 Å². The van der Waals surface area contributed by atoms with E-state index in [1.54, 1.807) is 6.07 Å². The summed E-state index contributed by atoms with van der Waals surface area (Å²) >= 11 is 0. The van der Waals surface area contributed by atoms with Gasteiger partial charge in [0.05, 0.1) is 0 Å². The maximum Gasteiger partial charge on any atom is 0.136 e. The van der Waals surface area contributed by atoms with Crippen molar-refractivity contribution >= 4 is 5.78 Å². The molecule has 1 rings (SSSR count). The van der Waals surface area contributed by atoms with Gasteiger partial charge in [-0.05, 0) is 30.5 Å². The summed E-state index contributed by atoms with van der Waals surface area (Å²) in [6, 6.07) is 6.46. The minimum absolute atomic E-state index is 0.00764. The molecule has 0 saturated heterocycles. The zero-order chi connectivity index (χ0) is 11.3. The van der Waals surface area contributed by atoms with E-state index < -0.39 is 0 Å². The van der Waals surface area contributed by atoms with Gasteiger partial charge in [0.2, 0.25) is 0 Å². The second kappa shape index (κ2) is 5.64. The van der Waals surface area contributed by atoms with Crippen molar-refractivity contribution in [2.24, 2.45) is 5.92 Å². The highest BCUT2D eigenvalue weighted by atomic mass is 19.1. The van der Waals surface area contributed by atoms with Crippen LogP contribution < -0.4 is 0 Å². The second-order valence-electron chi connectivity index (χ2n) is 3.95. The molecule has 0 aliphatic rings. The van der Waals surface area contributed by atoms with Gasteiger partial charge in [-0.3, -0.25) is 4.79 Å². The third-order valence-electron chi connectivity index (χ3n) is 2.48. The number of hydrogen-bond donors (Lipinski definition) is 0. The van der Waals surface area contributed by atoms with Crippen molar-refractivity contribution in [3.63, 3.8) is 0 Å². The lowest BCUT2D eigenvalue weighted by atomic mass is 9.95. The van der Waals surface area contributed by atoms with Gasteiger partial charge in [-0.25, -0.2) is 4.39 Å². The van der Waals surface area contributed by atoms with Crippen LogP contribution in [-0.4, -0.2) is 5.78 Å². The molecule has 1 nitrogen and oxygen atoms in total. The molecule has 82 valence electrons. The van der Waals surface area contributed by atoms with E-state index in [0.29, 0.717) is 12.8 Å². The van der Waals surface area contributed by atoms with Crippen molar-refractivity contribution in [3.8, 4) is 0 Å². The molecule has 0 radical (unpaired) electrons. The lowest BCUT2D eigenvalue weighted by molar-refractivity contribution is -0.122. The van der Waals surface area contributed by atoms with E-state index in [9.17, 15) is 9.18 Å². The smallest absolute Gasteiger partial charge is 0.136 e. The molecule has 0 saturated carbocycles. The van der Waals surface area contributed by atoms with Crippen LogP contribution in [0, 0.1) is 11.7 Å². The van der Waals surface area contributed by atoms with Crippen LogP contribution in [0.4, 0.5) is 4.39 Å². The van der Waals surface area contributed by atoms with Crippen molar-refractivity contribution in [1.82, 2.24) is 0 Å². The molecule has 0 spiro atoms. The first-order chi connectivity index (χ1) is 7.13. The minimum Gasteiger partial charge on any atom is -0.299 e. The third kappa shape index (κ3) is 3.82. The Hall–Kier alpha value is -1.18. The summed E-state index contributed by atoms with van der Waals surface area (Å²) in [6.45, 7) is 3.90. The molecule has 0 bridgehead atoms.